The maximum atomic E-state index is 12.5. The van der Waals surface area contributed by atoms with Gasteiger partial charge in [-0.2, -0.15) is 0 Å². The van der Waals surface area contributed by atoms with Gasteiger partial charge in [-0.25, -0.2) is 9.78 Å². The van der Waals surface area contributed by atoms with Crippen molar-refractivity contribution in [3.05, 3.63) is 72.6 Å². The van der Waals surface area contributed by atoms with Crippen LogP contribution in [0.2, 0.25) is 0 Å². The standard InChI is InChI=1S/C18H19N5O2/c1-23-11-10-20-17(23)16(14-7-3-4-8-15(14)25-2)22-18(24)21-13-6-5-9-19-12-13/h3-12,16H,1-2H3,(H2,21,22,24)/t16-/m1/s1. The quantitative estimate of drug-likeness (QED) is 0.750. The fourth-order valence-electron chi connectivity index (χ4n) is 2.58. The lowest BCUT2D eigenvalue weighted by molar-refractivity contribution is 0.249. The lowest BCUT2D eigenvalue weighted by atomic mass is 10.0. The number of aromatic nitrogens is 3. The molecule has 0 aliphatic rings. The number of benzene rings is 1. The van der Waals surface area contributed by atoms with Crippen LogP contribution in [0.1, 0.15) is 17.4 Å². The van der Waals surface area contributed by atoms with Crippen molar-refractivity contribution < 1.29 is 9.53 Å². The Hall–Kier alpha value is -3.35. The second-order valence-corrected chi connectivity index (χ2v) is 5.41. The maximum absolute atomic E-state index is 12.5. The fourth-order valence-corrected chi connectivity index (χ4v) is 2.58. The minimum Gasteiger partial charge on any atom is -0.496 e. The van der Waals surface area contributed by atoms with Crippen LogP contribution in [0.25, 0.3) is 0 Å². The monoisotopic (exact) mass is 337 g/mol. The molecule has 2 amide bonds. The third-order valence-electron chi connectivity index (χ3n) is 3.76. The van der Waals surface area contributed by atoms with E-state index in [0.717, 1.165) is 5.56 Å². The molecule has 0 aliphatic carbocycles. The molecular weight excluding hydrogens is 318 g/mol. The topological polar surface area (TPSA) is 81.1 Å². The molecule has 7 heteroatoms. The molecule has 2 N–H and O–H groups in total. The number of hydrogen-bond acceptors (Lipinski definition) is 4. The number of hydrogen-bond donors (Lipinski definition) is 2. The van der Waals surface area contributed by atoms with Crippen LogP contribution >= 0.6 is 0 Å². The molecule has 0 saturated carbocycles. The van der Waals surface area contributed by atoms with Crippen molar-refractivity contribution in [2.24, 2.45) is 7.05 Å². The van der Waals surface area contributed by atoms with Gasteiger partial charge < -0.3 is 19.9 Å². The van der Waals surface area contributed by atoms with Crippen molar-refractivity contribution in [3.8, 4) is 5.75 Å². The summed E-state index contributed by atoms with van der Waals surface area (Å²) in [6, 6.07) is 10.2. The van der Waals surface area contributed by atoms with Crippen LogP contribution in [0.3, 0.4) is 0 Å². The average molecular weight is 337 g/mol. The SMILES string of the molecule is COc1ccccc1[C@@H](NC(=O)Nc1cccnc1)c1nccn1C. The molecule has 1 atom stereocenters. The predicted molar refractivity (Wildman–Crippen MR) is 94.4 cm³/mol. The number of methoxy groups -OCH3 is 1. The summed E-state index contributed by atoms with van der Waals surface area (Å²) in [7, 11) is 3.48. The average Bonchev–Trinajstić information content (AvgIpc) is 3.06. The summed E-state index contributed by atoms with van der Waals surface area (Å²) < 4.78 is 7.31. The van der Waals surface area contributed by atoms with Crippen LogP contribution in [0.15, 0.2) is 61.2 Å². The second kappa shape index (κ2) is 7.48. The Balaban J connectivity index is 1.90. The lowest BCUT2D eigenvalue weighted by Crippen LogP contribution is -2.34. The first kappa shape index (κ1) is 16.5. The number of anilines is 1. The third kappa shape index (κ3) is 3.77. The first-order valence-electron chi connectivity index (χ1n) is 7.76. The number of nitrogens with zero attached hydrogens (tertiary/aromatic N) is 3. The number of para-hydroxylation sites is 1. The van der Waals surface area contributed by atoms with Crippen LogP contribution in [0.5, 0.6) is 5.75 Å². The largest absolute Gasteiger partial charge is 0.496 e. The molecule has 2 heterocycles. The van der Waals surface area contributed by atoms with E-state index in [-0.39, 0.29) is 6.03 Å². The Kier molecular flexibility index (Phi) is 4.94. The number of imidazole rings is 1. The van der Waals surface area contributed by atoms with E-state index in [1.54, 1.807) is 37.8 Å². The molecule has 7 nitrogen and oxygen atoms in total. The van der Waals surface area contributed by atoms with Gasteiger partial charge in [-0.3, -0.25) is 4.98 Å². The van der Waals surface area contributed by atoms with Gasteiger partial charge in [0.1, 0.15) is 17.6 Å². The van der Waals surface area contributed by atoms with Crippen LogP contribution < -0.4 is 15.4 Å². The highest BCUT2D eigenvalue weighted by atomic mass is 16.5. The highest BCUT2D eigenvalue weighted by molar-refractivity contribution is 5.89. The molecule has 0 radical (unpaired) electrons. The molecule has 0 unspecified atom stereocenters. The summed E-state index contributed by atoms with van der Waals surface area (Å²) in [5, 5.41) is 5.73. The number of amides is 2. The summed E-state index contributed by atoms with van der Waals surface area (Å²) in [5.41, 5.74) is 1.43. The number of pyridine rings is 1. The van der Waals surface area contributed by atoms with Crippen LogP contribution in [0, 0.1) is 0 Å². The Bertz CT molecular complexity index is 847. The maximum Gasteiger partial charge on any atom is 0.320 e. The van der Waals surface area contributed by atoms with Gasteiger partial charge >= 0.3 is 6.03 Å². The summed E-state index contributed by atoms with van der Waals surface area (Å²) >= 11 is 0. The minimum atomic E-state index is -0.465. The molecule has 1 aromatic carbocycles. The van der Waals surface area contributed by atoms with E-state index in [0.29, 0.717) is 17.3 Å². The van der Waals surface area contributed by atoms with Crippen LogP contribution in [-0.4, -0.2) is 27.7 Å². The highest BCUT2D eigenvalue weighted by Gasteiger charge is 2.23. The van der Waals surface area contributed by atoms with Gasteiger partial charge in [0.2, 0.25) is 0 Å². The zero-order chi connectivity index (χ0) is 17.6. The highest BCUT2D eigenvalue weighted by Crippen LogP contribution is 2.29. The number of carbonyl (C=O) groups is 1. The van der Waals surface area contributed by atoms with Gasteiger partial charge in [-0.05, 0) is 18.2 Å². The lowest BCUT2D eigenvalue weighted by Gasteiger charge is -2.21. The first-order chi connectivity index (χ1) is 12.2. The first-order valence-corrected chi connectivity index (χ1v) is 7.76. The van der Waals surface area contributed by atoms with Crippen LogP contribution in [0.4, 0.5) is 10.5 Å². The van der Waals surface area contributed by atoms with E-state index in [4.69, 9.17) is 4.74 Å². The normalized spacial score (nSPS) is 11.6. The van der Waals surface area contributed by atoms with Crippen LogP contribution in [-0.2, 0) is 7.05 Å². The number of urea groups is 1. The van der Waals surface area contributed by atoms with Crippen molar-refractivity contribution in [2.75, 3.05) is 12.4 Å². The molecule has 3 aromatic rings. The van der Waals surface area contributed by atoms with Gasteiger partial charge in [-0.1, -0.05) is 18.2 Å². The van der Waals surface area contributed by atoms with Crippen molar-refractivity contribution in [1.82, 2.24) is 19.9 Å². The molecule has 0 saturated heterocycles. The zero-order valence-electron chi connectivity index (χ0n) is 14.0. The number of ether oxygens (including phenoxy) is 1. The number of rotatable bonds is 5. The van der Waals surface area contributed by atoms with E-state index in [1.807, 2.05) is 42.1 Å². The Morgan fingerprint density at radius 3 is 2.72 bits per heavy atom. The van der Waals surface area contributed by atoms with E-state index in [2.05, 4.69) is 20.6 Å². The summed E-state index contributed by atoms with van der Waals surface area (Å²) in [4.78, 5) is 20.8. The molecule has 2 aromatic heterocycles. The van der Waals surface area contributed by atoms with Gasteiger partial charge in [-0.15, -0.1) is 0 Å². The molecule has 0 spiro atoms. The molecule has 128 valence electrons. The smallest absolute Gasteiger partial charge is 0.320 e. The summed E-state index contributed by atoms with van der Waals surface area (Å²) in [6.45, 7) is 0. The third-order valence-corrected chi connectivity index (χ3v) is 3.76. The van der Waals surface area contributed by atoms with E-state index >= 15 is 0 Å². The predicted octanol–water partition coefficient (Wildman–Crippen LogP) is 2.73. The zero-order valence-corrected chi connectivity index (χ0v) is 14.0. The van der Waals surface area contributed by atoms with Gasteiger partial charge in [0, 0.05) is 31.2 Å². The van der Waals surface area contributed by atoms with E-state index in [9.17, 15) is 4.79 Å². The molecule has 25 heavy (non-hydrogen) atoms. The molecule has 3 rings (SSSR count). The number of carbonyl (C=O) groups excluding carboxylic acids is 1. The van der Waals surface area contributed by atoms with E-state index in [1.165, 1.54) is 0 Å². The van der Waals surface area contributed by atoms with E-state index < -0.39 is 6.04 Å². The van der Waals surface area contributed by atoms with Crippen molar-refractivity contribution >= 4 is 11.7 Å². The molecular formula is C18H19N5O2. The van der Waals surface area contributed by atoms with Gasteiger partial charge in [0.25, 0.3) is 0 Å². The van der Waals surface area contributed by atoms with Crippen molar-refractivity contribution in [1.29, 1.82) is 0 Å². The Morgan fingerprint density at radius 2 is 2.04 bits per heavy atom. The van der Waals surface area contributed by atoms with Gasteiger partial charge in [0.15, 0.2) is 0 Å². The molecule has 0 fully saturated rings. The Morgan fingerprint density at radius 1 is 1.20 bits per heavy atom. The summed E-state index contributed by atoms with van der Waals surface area (Å²) in [6.07, 6.45) is 6.75. The van der Waals surface area contributed by atoms with Crippen molar-refractivity contribution in [2.45, 2.75) is 6.04 Å². The number of aryl methyl sites for hydroxylation is 1. The minimum absolute atomic E-state index is 0.355. The fraction of sp³-hybridized carbons (Fsp3) is 0.167. The van der Waals surface area contributed by atoms with Crippen molar-refractivity contribution in [3.63, 3.8) is 0 Å². The Labute approximate surface area is 145 Å². The summed E-state index contributed by atoms with van der Waals surface area (Å²) in [5.74, 6) is 1.38. The number of nitrogens with one attached hydrogen (secondary N) is 2. The molecule has 0 bridgehead atoms. The molecule has 0 aliphatic heterocycles. The van der Waals surface area contributed by atoms with Gasteiger partial charge in [0.05, 0.1) is 19.0 Å². The second-order valence-electron chi connectivity index (χ2n) is 5.41.